The van der Waals surface area contributed by atoms with Crippen LogP contribution in [0.5, 0.6) is 0 Å². The minimum absolute atomic E-state index is 0.0309. The highest BCUT2D eigenvalue weighted by molar-refractivity contribution is 7.46. The largest absolute Gasteiger partial charge is 0.470 e. The van der Waals surface area contributed by atoms with Crippen LogP contribution in [0.4, 0.5) is 0 Å². The van der Waals surface area contributed by atoms with Crippen molar-refractivity contribution in [2.75, 3.05) is 27.3 Å². The third-order valence-electron chi connectivity index (χ3n) is 3.41. The van der Waals surface area contributed by atoms with Gasteiger partial charge in [-0.3, -0.25) is 10.3 Å². The number of hydrogen-bond acceptors (Lipinski definition) is 4. The first-order valence-electron chi connectivity index (χ1n) is 6.07. The minimum Gasteiger partial charge on any atom is -0.393 e. The Kier molecular flexibility index (Phi) is 5.32. The zero-order valence-electron chi connectivity index (χ0n) is 10.9. The van der Waals surface area contributed by atoms with Gasteiger partial charge in [0.15, 0.2) is 0 Å². The normalized spacial score (nSPS) is 27.4. The van der Waals surface area contributed by atoms with Crippen molar-refractivity contribution in [3.8, 4) is 0 Å². The van der Waals surface area contributed by atoms with Gasteiger partial charge in [-0.05, 0) is 25.2 Å². The van der Waals surface area contributed by atoms with Crippen LogP contribution >= 0.6 is 7.82 Å². The number of likely N-dealkylation sites (N-methyl/N-ethyl adjacent to an activating group) is 1. The third-order valence-corrected chi connectivity index (χ3v) is 3.96. The summed E-state index contributed by atoms with van der Waals surface area (Å²) in [5.74, 6) is -0.0309. The van der Waals surface area contributed by atoms with Gasteiger partial charge in [0.1, 0.15) is 19.3 Å². The van der Waals surface area contributed by atoms with Gasteiger partial charge >= 0.3 is 7.82 Å². The fourth-order valence-corrected chi connectivity index (χ4v) is 2.93. The highest BCUT2D eigenvalue weighted by Gasteiger charge is 2.38. The molecule has 7 nitrogen and oxygen atoms in total. The summed E-state index contributed by atoms with van der Waals surface area (Å²) in [7, 11) is -0.770. The average Bonchev–Trinajstić information content (AvgIpc) is 2.61. The summed E-state index contributed by atoms with van der Waals surface area (Å²) in [6, 6.07) is 0. The Hall–Kier alpha value is -0.0100. The molecule has 1 saturated carbocycles. The molecule has 1 rings (SSSR count). The van der Waals surface area contributed by atoms with Crippen LogP contribution in [0.3, 0.4) is 0 Å². The van der Waals surface area contributed by atoms with Crippen molar-refractivity contribution in [3.05, 3.63) is 0 Å². The molecule has 108 valence electrons. The van der Waals surface area contributed by atoms with E-state index in [4.69, 9.17) is 20.0 Å². The van der Waals surface area contributed by atoms with Gasteiger partial charge in [0.25, 0.3) is 0 Å². The fourth-order valence-electron chi connectivity index (χ4n) is 2.34. The number of quaternary nitrogens is 1. The van der Waals surface area contributed by atoms with Gasteiger partial charge in [-0.1, -0.05) is 0 Å². The first-order valence-corrected chi connectivity index (χ1v) is 7.60. The molecule has 0 spiro atoms. The lowest BCUT2D eigenvalue weighted by molar-refractivity contribution is -0.893. The van der Waals surface area contributed by atoms with Crippen molar-refractivity contribution in [2.24, 2.45) is 11.7 Å². The molecule has 1 aliphatic carbocycles. The number of aliphatic hydroxyl groups excluding tert-OH is 1. The first-order chi connectivity index (χ1) is 8.13. The number of nitrogens with zero attached hydrogens (tertiary/aromatic N) is 1. The zero-order chi connectivity index (χ0) is 14.0. The van der Waals surface area contributed by atoms with Gasteiger partial charge < -0.3 is 19.4 Å². The van der Waals surface area contributed by atoms with Gasteiger partial charge in [0.2, 0.25) is 0 Å². The number of phosphoric acid groups is 1. The van der Waals surface area contributed by atoms with Crippen molar-refractivity contribution >= 4 is 7.82 Å². The van der Waals surface area contributed by atoms with Gasteiger partial charge in [0, 0.05) is 0 Å². The van der Waals surface area contributed by atoms with Crippen LogP contribution in [0.1, 0.15) is 19.3 Å². The smallest absolute Gasteiger partial charge is 0.393 e. The summed E-state index contributed by atoms with van der Waals surface area (Å²) in [5, 5.41) is 9.52. The lowest BCUT2D eigenvalue weighted by atomic mass is 10.00. The van der Waals surface area contributed by atoms with E-state index in [1.54, 1.807) is 0 Å². The third kappa shape index (κ3) is 5.32. The number of nitrogens with two attached hydrogens (primary N) is 1. The molecule has 3 atom stereocenters. The van der Waals surface area contributed by atoms with E-state index in [9.17, 15) is 9.67 Å². The fraction of sp³-hybridized carbons (Fsp3) is 1.00. The van der Waals surface area contributed by atoms with Gasteiger partial charge in [-0.15, -0.1) is 0 Å². The van der Waals surface area contributed by atoms with Crippen LogP contribution in [-0.4, -0.2) is 58.9 Å². The summed E-state index contributed by atoms with van der Waals surface area (Å²) in [4.78, 5) is 17.9. The van der Waals surface area contributed by atoms with Crippen LogP contribution in [0, 0.1) is 5.92 Å². The van der Waals surface area contributed by atoms with E-state index in [1.165, 1.54) is 0 Å². The van der Waals surface area contributed by atoms with Gasteiger partial charge in [-0.2, -0.15) is 0 Å². The van der Waals surface area contributed by atoms with Gasteiger partial charge in [-0.25, -0.2) is 4.57 Å². The molecule has 0 aliphatic heterocycles. The SMILES string of the molecule is C[N+](C)(CN)CC(OP(=O)(O)O)C1CCC(O)C1. The quantitative estimate of drug-likeness (QED) is 0.300. The predicted molar refractivity (Wildman–Crippen MR) is 66.3 cm³/mol. The molecule has 0 aromatic carbocycles. The van der Waals surface area contributed by atoms with E-state index in [-0.39, 0.29) is 5.92 Å². The molecular formula is C10H24N2O5P+. The summed E-state index contributed by atoms with van der Waals surface area (Å²) in [6.07, 6.45) is 0.917. The molecule has 0 aromatic rings. The Balaban J connectivity index is 2.72. The summed E-state index contributed by atoms with van der Waals surface area (Å²) >= 11 is 0. The van der Waals surface area contributed by atoms with Crippen molar-refractivity contribution in [2.45, 2.75) is 31.5 Å². The van der Waals surface area contributed by atoms with E-state index in [0.717, 1.165) is 6.42 Å². The van der Waals surface area contributed by atoms with E-state index in [0.29, 0.717) is 30.5 Å². The van der Waals surface area contributed by atoms with Crippen LogP contribution in [0.25, 0.3) is 0 Å². The maximum Gasteiger partial charge on any atom is 0.470 e. The molecule has 0 amide bonds. The molecule has 0 heterocycles. The summed E-state index contributed by atoms with van der Waals surface area (Å²) in [6.45, 7) is 0.773. The standard InChI is InChI=1S/C10H23N2O5P/c1-12(2,7-11)6-10(17-18(14,15)16)8-3-4-9(13)5-8/h8-10,13H,3-7,11H2,1-2H3,(H-,14,15,16)/p+1. The van der Waals surface area contributed by atoms with E-state index < -0.39 is 20.0 Å². The van der Waals surface area contributed by atoms with Crippen LogP contribution in [-0.2, 0) is 9.09 Å². The second-order valence-electron chi connectivity index (χ2n) is 5.66. The molecule has 0 saturated heterocycles. The molecule has 5 N–H and O–H groups in total. The molecule has 1 fully saturated rings. The predicted octanol–water partition coefficient (Wildman–Crippen LogP) is -0.382. The van der Waals surface area contributed by atoms with E-state index in [1.807, 2.05) is 14.1 Å². The molecule has 0 radical (unpaired) electrons. The van der Waals surface area contributed by atoms with Crippen molar-refractivity contribution in [1.82, 2.24) is 0 Å². The highest BCUT2D eigenvalue weighted by atomic mass is 31.2. The number of hydrogen-bond donors (Lipinski definition) is 4. The van der Waals surface area contributed by atoms with Crippen molar-refractivity contribution in [1.29, 1.82) is 0 Å². The van der Waals surface area contributed by atoms with Crippen LogP contribution in [0.2, 0.25) is 0 Å². The topological polar surface area (TPSA) is 113 Å². The average molecular weight is 283 g/mol. The summed E-state index contributed by atoms with van der Waals surface area (Å²) < 4.78 is 16.3. The maximum absolute atomic E-state index is 11.0. The van der Waals surface area contributed by atoms with Crippen LogP contribution < -0.4 is 5.73 Å². The van der Waals surface area contributed by atoms with Crippen LogP contribution in [0.15, 0.2) is 0 Å². The molecular weight excluding hydrogens is 259 g/mol. The number of phosphoric ester groups is 1. The summed E-state index contributed by atoms with van der Waals surface area (Å²) in [5.41, 5.74) is 5.62. The Labute approximate surface area is 107 Å². The molecule has 8 heteroatoms. The minimum atomic E-state index is -4.52. The van der Waals surface area contributed by atoms with Crippen molar-refractivity contribution in [3.63, 3.8) is 0 Å². The molecule has 1 aliphatic rings. The van der Waals surface area contributed by atoms with E-state index >= 15 is 0 Å². The molecule has 0 bridgehead atoms. The maximum atomic E-state index is 11.0. The Morgan fingerprint density at radius 3 is 2.44 bits per heavy atom. The molecule has 0 aromatic heterocycles. The Bertz CT molecular complexity index is 319. The Morgan fingerprint density at radius 2 is 2.06 bits per heavy atom. The number of rotatable bonds is 6. The highest BCUT2D eigenvalue weighted by Crippen LogP contribution is 2.42. The lowest BCUT2D eigenvalue weighted by Crippen LogP contribution is -2.50. The Morgan fingerprint density at radius 1 is 1.44 bits per heavy atom. The monoisotopic (exact) mass is 283 g/mol. The zero-order valence-corrected chi connectivity index (χ0v) is 11.8. The van der Waals surface area contributed by atoms with Crippen molar-refractivity contribution < 1.29 is 28.5 Å². The van der Waals surface area contributed by atoms with E-state index in [2.05, 4.69) is 0 Å². The lowest BCUT2D eigenvalue weighted by Gasteiger charge is -2.34. The molecule has 3 unspecified atom stereocenters. The second kappa shape index (κ2) is 5.96. The van der Waals surface area contributed by atoms with Gasteiger partial charge in [0.05, 0.1) is 20.2 Å². The molecule has 18 heavy (non-hydrogen) atoms. The first kappa shape index (κ1) is 16.0. The second-order valence-corrected chi connectivity index (χ2v) is 6.85. The number of aliphatic hydroxyl groups is 1.